The molecule has 0 radical (unpaired) electrons. The second-order valence-corrected chi connectivity index (χ2v) is 4.13. The van der Waals surface area contributed by atoms with Crippen LogP contribution < -0.4 is 0 Å². The number of hydrogen-bond acceptors (Lipinski definition) is 3. The van der Waals surface area contributed by atoms with E-state index in [1.807, 2.05) is 6.92 Å². The average Bonchev–Trinajstić information content (AvgIpc) is 2.32. The summed E-state index contributed by atoms with van der Waals surface area (Å²) in [6, 6.07) is 2.75. The lowest BCUT2D eigenvalue weighted by molar-refractivity contribution is -0.143. The van der Waals surface area contributed by atoms with Crippen LogP contribution in [0.1, 0.15) is 37.8 Å². The Labute approximate surface area is 107 Å². The molecule has 0 unspecified atom stereocenters. The third-order valence-corrected chi connectivity index (χ3v) is 2.69. The first-order chi connectivity index (χ1) is 8.58. The Morgan fingerprint density at radius 3 is 2.56 bits per heavy atom. The van der Waals surface area contributed by atoms with Crippen LogP contribution in [0.25, 0.3) is 0 Å². The SMILES string of the molecule is CCCc1cc(O)c(F)cc1CCC(=O)OCC. The number of esters is 1. The summed E-state index contributed by atoms with van der Waals surface area (Å²) in [4.78, 5) is 11.3. The molecule has 1 rings (SSSR count). The summed E-state index contributed by atoms with van der Waals surface area (Å²) >= 11 is 0. The largest absolute Gasteiger partial charge is 0.505 e. The van der Waals surface area contributed by atoms with Crippen molar-refractivity contribution in [3.63, 3.8) is 0 Å². The van der Waals surface area contributed by atoms with Gasteiger partial charge in [-0.25, -0.2) is 4.39 Å². The zero-order chi connectivity index (χ0) is 13.5. The normalized spacial score (nSPS) is 10.4. The molecule has 0 aromatic heterocycles. The number of aromatic hydroxyl groups is 1. The van der Waals surface area contributed by atoms with E-state index in [2.05, 4.69) is 0 Å². The van der Waals surface area contributed by atoms with Gasteiger partial charge in [-0.05, 0) is 43.0 Å². The predicted octanol–water partition coefficient (Wildman–Crippen LogP) is 2.98. The molecule has 0 aliphatic carbocycles. The number of rotatable bonds is 6. The van der Waals surface area contributed by atoms with Crippen molar-refractivity contribution in [3.8, 4) is 5.75 Å². The van der Waals surface area contributed by atoms with E-state index < -0.39 is 5.82 Å². The minimum Gasteiger partial charge on any atom is -0.505 e. The number of aryl methyl sites for hydroxylation is 2. The molecule has 1 aromatic rings. The van der Waals surface area contributed by atoms with Crippen LogP contribution in [0, 0.1) is 5.82 Å². The molecule has 0 spiro atoms. The quantitative estimate of drug-likeness (QED) is 0.794. The summed E-state index contributed by atoms with van der Waals surface area (Å²) in [6.45, 7) is 4.11. The lowest BCUT2D eigenvalue weighted by Crippen LogP contribution is -2.06. The van der Waals surface area contributed by atoms with Crippen molar-refractivity contribution in [2.24, 2.45) is 0 Å². The summed E-state index contributed by atoms with van der Waals surface area (Å²) in [6.07, 6.45) is 2.32. The molecule has 1 N–H and O–H groups in total. The van der Waals surface area contributed by atoms with E-state index in [0.29, 0.717) is 13.0 Å². The maximum atomic E-state index is 13.3. The van der Waals surface area contributed by atoms with Crippen molar-refractivity contribution < 1.29 is 19.0 Å². The van der Waals surface area contributed by atoms with Gasteiger partial charge in [0.2, 0.25) is 0 Å². The molecule has 3 nitrogen and oxygen atoms in total. The summed E-state index contributed by atoms with van der Waals surface area (Å²) < 4.78 is 18.1. The first kappa shape index (κ1) is 14.5. The topological polar surface area (TPSA) is 46.5 Å². The minimum atomic E-state index is -0.645. The number of halogens is 1. The van der Waals surface area contributed by atoms with E-state index in [0.717, 1.165) is 24.0 Å². The van der Waals surface area contributed by atoms with E-state index >= 15 is 0 Å². The van der Waals surface area contributed by atoms with Gasteiger partial charge in [-0.15, -0.1) is 0 Å². The van der Waals surface area contributed by atoms with Gasteiger partial charge in [0.1, 0.15) is 0 Å². The van der Waals surface area contributed by atoms with Gasteiger partial charge in [0.05, 0.1) is 6.61 Å². The second kappa shape index (κ2) is 6.99. The van der Waals surface area contributed by atoms with Gasteiger partial charge < -0.3 is 9.84 Å². The molecule has 0 bridgehead atoms. The molecule has 4 heteroatoms. The van der Waals surface area contributed by atoms with Crippen LogP contribution in [-0.4, -0.2) is 17.7 Å². The van der Waals surface area contributed by atoms with Crippen LogP contribution in [0.2, 0.25) is 0 Å². The Morgan fingerprint density at radius 2 is 1.94 bits per heavy atom. The second-order valence-electron chi connectivity index (χ2n) is 4.13. The van der Waals surface area contributed by atoms with Gasteiger partial charge in [0, 0.05) is 6.42 Å². The van der Waals surface area contributed by atoms with Crippen molar-refractivity contribution in [3.05, 3.63) is 29.1 Å². The number of carbonyl (C=O) groups excluding carboxylic acids is 1. The maximum Gasteiger partial charge on any atom is 0.306 e. The Balaban J connectivity index is 2.79. The molecule has 0 aliphatic rings. The predicted molar refractivity (Wildman–Crippen MR) is 67.0 cm³/mol. The van der Waals surface area contributed by atoms with Crippen LogP contribution in [0.5, 0.6) is 5.75 Å². The summed E-state index contributed by atoms with van der Waals surface area (Å²) in [5.74, 6) is -1.26. The van der Waals surface area contributed by atoms with Crippen LogP contribution in [0.3, 0.4) is 0 Å². The van der Waals surface area contributed by atoms with Crippen molar-refractivity contribution in [1.82, 2.24) is 0 Å². The highest BCUT2D eigenvalue weighted by molar-refractivity contribution is 5.69. The lowest BCUT2D eigenvalue weighted by atomic mass is 9.99. The molecular weight excluding hydrogens is 235 g/mol. The first-order valence-corrected chi connectivity index (χ1v) is 6.24. The van der Waals surface area contributed by atoms with Gasteiger partial charge in [0.15, 0.2) is 11.6 Å². The number of benzene rings is 1. The van der Waals surface area contributed by atoms with Gasteiger partial charge in [-0.1, -0.05) is 13.3 Å². The van der Waals surface area contributed by atoms with Crippen LogP contribution >= 0.6 is 0 Å². The molecule has 18 heavy (non-hydrogen) atoms. The third kappa shape index (κ3) is 4.02. The maximum absolute atomic E-state index is 13.3. The van der Waals surface area contributed by atoms with Crippen LogP contribution in [0.4, 0.5) is 4.39 Å². The molecule has 0 heterocycles. The van der Waals surface area contributed by atoms with E-state index in [4.69, 9.17) is 4.74 Å². The van der Waals surface area contributed by atoms with Crippen molar-refractivity contribution >= 4 is 5.97 Å². The van der Waals surface area contributed by atoms with Gasteiger partial charge in [0.25, 0.3) is 0 Å². The number of phenols is 1. The highest BCUT2D eigenvalue weighted by Crippen LogP contribution is 2.23. The first-order valence-electron chi connectivity index (χ1n) is 6.24. The Kier molecular flexibility index (Phi) is 5.62. The van der Waals surface area contributed by atoms with Crippen molar-refractivity contribution in [2.75, 3.05) is 6.61 Å². The number of phenolic OH excluding ortho intramolecular Hbond substituents is 1. The fourth-order valence-electron chi connectivity index (χ4n) is 1.85. The highest BCUT2D eigenvalue weighted by Gasteiger charge is 2.11. The molecule has 0 saturated carbocycles. The van der Waals surface area contributed by atoms with Crippen molar-refractivity contribution in [2.45, 2.75) is 39.5 Å². The third-order valence-electron chi connectivity index (χ3n) is 2.69. The Hall–Kier alpha value is -1.58. The van der Waals surface area contributed by atoms with E-state index in [9.17, 15) is 14.3 Å². The molecule has 0 amide bonds. The molecule has 100 valence electrons. The highest BCUT2D eigenvalue weighted by atomic mass is 19.1. The van der Waals surface area contributed by atoms with E-state index in [-0.39, 0.29) is 18.1 Å². The fraction of sp³-hybridized carbons (Fsp3) is 0.500. The smallest absolute Gasteiger partial charge is 0.306 e. The zero-order valence-corrected chi connectivity index (χ0v) is 10.8. The summed E-state index contributed by atoms with van der Waals surface area (Å²) in [5.41, 5.74) is 1.65. The van der Waals surface area contributed by atoms with E-state index in [1.165, 1.54) is 12.1 Å². The number of ether oxygens (including phenoxy) is 1. The summed E-state index contributed by atoms with van der Waals surface area (Å²) in [7, 11) is 0. The Morgan fingerprint density at radius 1 is 1.28 bits per heavy atom. The van der Waals surface area contributed by atoms with Gasteiger partial charge >= 0.3 is 5.97 Å². The molecule has 0 aliphatic heterocycles. The number of carbonyl (C=O) groups is 1. The van der Waals surface area contributed by atoms with Crippen LogP contribution in [-0.2, 0) is 22.4 Å². The Bertz CT molecular complexity index is 416. The molecule has 0 saturated heterocycles. The lowest BCUT2D eigenvalue weighted by Gasteiger charge is -2.10. The fourth-order valence-corrected chi connectivity index (χ4v) is 1.85. The molecule has 0 fully saturated rings. The van der Waals surface area contributed by atoms with E-state index in [1.54, 1.807) is 6.92 Å². The average molecular weight is 254 g/mol. The summed E-state index contributed by atoms with van der Waals surface area (Å²) in [5, 5.41) is 9.35. The minimum absolute atomic E-state index is 0.231. The molecule has 0 atom stereocenters. The van der Waals surface area contributed by atoms with Gasteiger partial charge in [-0.3, -0.25) is 4.79 Å². The van der Waals surface area contributed by atoms with Crippen LogP contribution in [0.15, 0.2) is 12.1 Å². The number of hydrogen-bond donors (Lipinski definition) is 1. The molecular formula is C14H19FO3. The van der Waals surface area contributed by atoms with Gasteiger partial charge in [-0.2, -0.15) is 0 Å². The monoisotopic (exact) mass is 254 g/mol. The zero-order valence-electron chi connectivity index (χ0n) is 10.8. The molecule has 1 aromatic carbocycles. The van der Waals surface area contributed by atoms with Crippen molar-refractivity contribution in [1.29, 1.82) is 0 Å². The standard InChI is InChI=1S/C14H19FO3/c1-3-5-10-9-13(16)12(15)8-11(10)6-7-14(17)18-4-2/h8-9,16H,3-7H2,1-2H3.